The van der Waals surface area contributed by atoms with Crippen LogP contribution in [0, 0.1) is 0 Å². The summed E-state index contributed by atoms with van der Waals surface area (Å²) < 4.78 is 0. The highest BCUT2D eigenvalue weighted by atomic mass is 16.2. The second-order valence-corrected chi connectivity index (χ2v) is 4.40. The second kappa shape index (κ2) is 4.37. The van der Waals surface area contributed by atoms with Gasteiger partial charge in [-0.2, -0.15) is 5.10 Å². The van der Waals surface area contributed by atoms with E-state index in [1.165, 1.54) is 12.7 Å². The van der Waals surface area contributed by atoms with Crippen molar-refractivity contribution >= 4 is 34.3 Å². The molecule has 1 aromatic carbocycles. The van der Waals surface area contributed by atoms with Crippen molar-refractivity contribution in [2.24, 2.45) is 5.10 Å². The number of hydrogen-bond acceptors (Lipinski definition) is 6. The molecule has 0 saturated heterocycles. The molecule has 0 bridgehead atoms. The number of rotatable bonds is 2. The summed E-state index contributed by atoms with van der Waals surface area (Å²) in [4.78, 5) is 27.0. The fraction of sp³-hybridized carbons (Fsp3) is 0. The van der Waals surface area contributed by atoms with Crippen LogP contribution < -0.4 is 10.7 Å². The average molecular weight is 279 g/mol. The smallest absolute Gasteiger partial charge is 0.276 e. The summed E-state index contributed by atoms with van der Waals surface area (Å²) in [5, 5.41) is 6.92. The Bertz CT molecular complexity index is 883. The number of hydrazone groups is 1. The zero-order chi connectivity index (χ0) is 14.2. The lowest BCUT2D eigenvalue weighted by molar-refractivity contribution is -0.110. The Labute approximate surface area is 118 Å². The fourth-order valence-corrected chi connectivity index (χ4v) is 2.17. The van der Waals surface area contributed by atoms with Crippen molar-refractivity contribution in [3.8, 4) is 0 Å². The van der Waals surface area contributed by atoms with E-state index in [4.69, 9.17) is 0 Å². The largest absolute Gasteiger partial charge is 0.340 e. The number of nitrogens with one attached hydrogen (secondary N) is 3. The highest BCUT2D eigenvalue weighted by Crippen LogP contribution is 2.23. The predicted molar refractivity (Wildman–Crippen MR) is 76.9 cm³/mol. The van der Waals surface area contributed by atoms with Crippen LogP contribution in [-0.2, 0) is 4.79 Å². The summed E-state index contributed by atoms with van der Waals surface area (Å²) in [6.07, 6.45) is 2.91. The average Bonchev–Trinajstić information content (AvgIpc) is 3.09. The molecule has 0 unspecified atom stereocenters. The van der Waals surface area contributed by atoms with Gasteiger partial charge in [-0.1, -0.05) is 18.2 Å². The quantitative estimate of drug-likeness (QED) is 0.609. The lowest BCUT2D eigenvalue weighted by Crippen LogP contribution is -2.16. The van der Waals surface area contributed by atoms with Gasteiger partial charge in [-0.15, -0.1) is 0 Å². The van der Waals surface area contributed by atoms with Crippen LogP contribution in [0.4, 0.5) is 11.5 Å². The van der Waals surface area contributed by atoms with E-state index < -0.39 is 0 Å². The molecule has 0 fully saturated rings. The van der Waals surface area contributed by atoms with Crippen LogP contribution in [-0.4, -0.2) is 31.6 Å². The molecule has 3 aromatic rings. The van der Waals surface area contributed by atoms with Gasteiger partial charge < -0.3 is 10.3 Å². The Kier molecular flexibility index (Phi) is 2.40. The number of hydrogen-bond donors (Lipinski definition) is 3. The van der Waals surface area contributed by atoms with Crippen molar-refractivity contribution in [3.05, 3.63) is 42.5 Å². The Hall–Kier alpha value is -3.29. The Morgan fingerprint density at radius 1 is 1.14 bits per heavy atom. The van der Waals surface area contributed by atoms with Gasteiger partial charge in [0.15, 0.2) is 17.2 Å². The number of carbonyl (C=O) groups excluding carboxylic acids is 1. The van der Waals surface area contributed by atoms with Gasteiger partial charge in [-0.25, -0.2) is 15.0 Å². The minimum Gasteiger partial charge on any atom is -0.340 e. The first-order valence-corrected chi connectivity index (χ1v) is 6.21. The van der Waals surface area contributed by atoms with E-state index in [-0.39, 0.29) is 5.91 Å². The molecule has 0 aliphatic carbocycles. The molecular formula is C13H9N7O. The zero-order valence-electron chi connectivity index (χ0n) is 10.7. The van der Waals surface area contributed by atoms with Crippen molar-refractivity contribution in [1.82, 2.24) is 19.9 Å². The normalized spacial score (nSPS) is 15.2. The Morgan fingerprint density at radius 2 is 2.05 bits per heavy atom. The second-order valence-electron chi connectivity index (χ2n) is 4.40. The van der Waals surface area contributed by atoms with Crippen LogP contribution in [0.15, 0.2) is 42.0 Å². The molecule has 1 amide bonds. The third-order valence-electron chi connectivity index (χ3n) is 3.14. The number of fused-ring (bicyclic) bond motifs is 2. The Morgan fingerprint density at radius 3 is 3.00 bits per heavy atom. The van der Waals surface area contributed by atoms with Crippen molar-refractivity contribution in [1.29, 1.82) is 0 Å². The zero-order valence-corrected chi connectivity index (χ0v) is 10.7. The van der Waals surface area contributed by atoms with Crippen LogP contribution in [0.2, 0.25) is 0 Å². The molecule has 1 aliphatic rings. The number of amides is 1. The van der Waals surface area contributed by atoms with Gasteiger partial charge in [0.1, 0.15) is 11.8 Å². The van der Waals surface area contributed by atoms with Gasteiger partial charge in [0.2, 0.25) is 0 Å². The van der Waals surface area contributed by atoms with Gasteiger partial charge in [0.05, 0.1) is 12.0 Å². The topological polar surface area (TPSA) is 108 Å². The first-order valence-electron chi connectivity index (χ1n) is 6.21. The lowest BCUT2D eigenvalue weighted by Gasteiger charge is -2.01. The summed E-state index contributed by atoms with van der Waals surface area (Å²) >= 11 is 0. The van der Waals surface area contributed by atoms with E-state index in [2.05, 4.69) is 35.8 Å². The summed E-state index contributed by atoms with van der Waals surface area (Å²) in [6.45, 7) is 0. The van der Waals surface area contributed by atoms with Gasteiger partial charge in [-0.3, -0.25) is 10.2 Å². The number of benzene rings is 1. The van der Waals surface area contributed by atoms with Crippen molar-refractivity contribution in [2.75, 3.05) is 10.7 Å². The molecule has 0 radical (unpaired) electrons. The lowest BCUT2D eigenvalue weighted by atomic mass is 10.1. The predicted octanol–water partition coefficient (Wildman–Crippen LogP) is 1.12. The number of H-pyrrole nitrogens is 1. The molecule has 102 valence electrons. The summed E-state index contributed by atoms with van der Waals surface area (Å²) in [6, 6.07) is 7.37. The van der Waals surface area contributed by atoms with Gasteiger partial charge in [0.25, 0.3) is 5.91 Å². The van der Waals surface area contributed by atoms with E-state index >= 15 is 0 Å². The number of aromatic amines is 1. The molecular weight excluding hydrogens is 270 g/mol. The van der Waals surface area contributed by atoms with Gasteiger partial charge >= 0.3 is 0 Å². The first kappa shape index (κ1) is 11.5. The van der Waals surface area contributed by atoms with E-state index in [9.17, 15) is 4.79 Å². The molecule has 3 N–H and O–H groups in total. The molecule has 8 nitrogen and oxygen atoms in total. The van der Waals surface area contributed by atoms with E-state index in [0.717, 1.165) is 11.3 Å². The van der Waals surface area contributed by atoms with Crippen LogP contribution in [0.3, 0.4) is 0 Å². The SMILES string of the molecule is O=C1Nc2ccccc2/C1=N/Nc1ncnc2nc[nH]c12. The highest BCUT2D eigenvalue weighted by molar-refractivity contribution is 6.53. The van der Waals surface area contributed by atoms with Gasteiger partial charge in [0, 0.05) is 5.56 Å². The standard InChI is InChI=1S/C13H9N7O/c21-13-9(7-3-1-2-4-8(7)18-13)19-20-12-10-11(15-5-14-10)16-6-17-12/h1-6H,(H,18,19,21)(H2,14,15,16,17,20). The minimum atomic E-state index is -0.251. The molecule has 21 heavy (non-hydrogen) atoms. The fourth-order valence-electron chi connectivity index (χ4n) is 2.17. The third-order valence-corrected chi connectivity index (χ3v) is 3.14. The van der Waals surface area contributed by atoms with Gasteiger partial charge in [-0.05, 0) is 6.07 Å². The highest BCUT2D eigenvalue weighted by Gasteiger charge is 2.25. The molecule has 8 heteroatoms. The van der Waals surface area contributed by atoms with E-state index in [1.807, 2.05) is 24.3 Å². The number of aromatic nitrogens is 4. The maximum absolute atomic E-state index is 11.9. The monoisotopic (exact) mass is 279 g/mol. The summed E-state index contributed by atoms with van der Waals surface area (Å²) in [7, 11) is 0. The van der Waals surface area contributed by atoms with Crippen molar-refractivity contribution in [3.63, 3.8) is 0 Å². The van der Waals surface area contributed by atoms with Crippen LogP contribution in [0.25, 0.3) is 11.2 Å². The molecule has 3 heterocycles. The van der Waals surface area contributed by atoms with Crippen LogP contribution >= 0.6 is 0 Å². The van der Waals surface area contributed by atoms with Crippen LogP contribution in [0.5, 0.6) is 0 Å². The number of anilines is 2. The van der Waals surface area contributed by atoms with Crippen molar-refractivity contribution in [2.45, 2.75) is 0 Å². The van der Waals surface area contributed by atoms with Crippen molar-refractivity contribution < 1.29 is 4.79 Å². The molecule has 1 aliphatic heterocycles. The number of carbonyl (C=O) groups is 1. The van der Waals surface area contributed by atoms with E-state index in [1.54, 1.807) is 0 Å². The molecule has 2 aromatic heterocycles. The molecule has 4 rings (SSSR count). The first-order chi connectivity index (χ1) is 10.3. The minimum absolute atomic E-state index is 0.251. The van der Waals surface area contributed by atoms with Crippen LogP contribution in [0.1, 0.15) is 5.56 Å². The molecule has 0 saturated carbocycles. The third kappa shape index (κ3) is 1.81. The Balaban J connectivity index is 1.73. The summed E-state index contributed by atoms with van der Waals surface area (Å²) in [5.74, 6) is 0.209. The number of para-hydroxylation sites is 1. The maximum atomic E-state index is 11.9. The number of nitrogens with zero attached hydrogens (tertiary/aromatic N) is 4. The molecule has 0 spiro atoms. The molecule has 0 atom stereocenters. The number of imidazole rings is 1. The summed E-state index contributed by atoms with van der Waals surface area (Å²) in [5.41, 5.74) is 5.77. The maximum Gasteiger partial charge on any atom is 0.276 e. The van der Waals surface area contributed by atoms with E-state index in [0.29, 0.717) is 22.7 Å².